The predicted molar refractivity (Wildman–Crippen MR) is 84.8 cm³/mol. The molecule has 0 bridgehead atoms. The summed E-state index contributed by atoms with van der Waals surface area (Å²) < 4.78 is 0. The van der Waals surface area contributed by atoms with E-state index in [2.05, 4.69) is 62.5 Å². The number of anilines is 1. The second kappa shape index (κ2) is 7.70. The molecule has 0 unspecified atom stereocenters. The van der Waals surface area contributed by atoms with Gasteiger partial charge >= 0.3 is 0 Å². The summed E-state index contributed by atoms with van der Waals surface area (Å²) in [4.78, 5) is 2.34. The van der Waals surface area contributed by atoms with Gasteiger partial charge in [-0.25, -0.2) is 0 Å². The molecule has 2 nitrogen and oxygen atoms in total. The van der Waals surface area contributed by atoms with Crippen LogP contribution >= 0.6 is 11.8 Å². The summed E-state index contributed by atoms with van der Waals surface area (Å²) in [5.41, 5.74) is 4.07. The standard InChI is InChI=1S/C15H26N2S/c1-12(2)16-11-14-6-7-15(13(3)10-14)17(4)8-9-18-5/h6-7,10,12,16H,8-9,11H2,1-5H3. The Kier molecular flexibility index (Phi) is 6.58. The van der Waals surface area contributed by atoms with Crippen molar-refractivity contribution in [2.45, 2.75) is 33.4 Å². The van der Waals surface area contributed by atoms with Gasteiger partial charge in [-0.1, -0.05) is 26.0 Å². The Morgan fingerprint density at radius 1 is 1.33 bits per heavy atom. The van der Waals surface area contributed by atoms with Crippen molar-refractivity contribution >= 4 is 17.4 Å². The highest BCUT2D eigenvalue weighted by Crippen LogP contribution is 2.20. The average molecular weight is 266 g/mol. The van der Waals surface area contributed by atoms with Crippen molar-refractivity contribution in [2.75, 3.05) is 30.5 Å². The van der Waals surface area contributed by atoms with E-state index in [0.717, 1.165) is 13.1 Å². The van der Waals surface area contributed by atoms with Crippen LogP contribution in [0.25, 0.3) is 0 Å². The Morgan fingerprint density at radius 3 is 2.61 bits per heavy atom. The van der Waals surface area contributed by atoms with Gasteiger partial charge in [0.15, 0.2) is 0 Å². The number of hydrogen-bond donors (Lipinski definition) is 1. The molecule has 0 spiro atoms. The number of aryl methyl sites for hydroxylation is 1. The summed E-state index contributed by atoms with van der Waals surface area (Å²) in [5.74, 6) is 1.17. The Morgan fingerprint density at radius 2 is 2.06 bits per heavy atom. The van der Waals surface area contributed by atoms with Gasteiger partial charge in [-0.2, -0.15) is 11.8 Å². The van der Waals surface area contributed by atoms with Crippen LogP contribution in [0, 0.1) is 6.92 Å². The van der Waals surface area contributed by atoms with E-state index in [9.17, 15) is 0 Å². The van der Waals surface area contributed by atoms with Crippen molar-refractivity contribution in [2.24, 2.45) is 0 Å². The van der Waals surface area contributed by atoms with E-state index < -0.39 is 0 Å². The Bertz CT molecular complexity index is 364. The topological polar surface area (TPSA) is 15.3 Å². The molecule has 0 aliphatic carbocycles. The van der Waals surface area contributed by atoms with E-state index in [1.54, 1.807) is 0 Å². The highest BCUT2D eigenvalue weighted by Gasteiger charge is 2.05. The van der Waals surface area contributed by atoms with Crippen molar-refractivity contribution in [3.63, 3.8) is 0 Å². The normalized spacial score (nSPS) is 11.0. The van der Waals surface area contributed by atoms with Gasteiger partial charge in [-0.15, -0.1) is 0 Å². The fourth-order valence-corrected chi connectivity index (χ4v) is 2.38. The Balaban J connectivity index is 2.66. The zero-order valence-electron chi connectivity index (χ0n) is 12.3. The zero-order valence-corrected chi connectivity index (χ0v) is 13.1. The Labute approximate surface area is 116 Å². The lowest BCUT2D eigenvalue weighted by atomic mass is 10.1. The minimum atomic E-state index is 0.536. The lowest BCUT2D eigenvalue weighted by Crippen LogP contribution is -2.23. The third kappa shape index (κ3) is 4.91. The van der Waals surface area contributed by atoms with Crippen LogP contribution in [-0.2, 0) is 6.54 Å². The fraction of sp³-hybridized carbons (Fsp3) is 0.600. The molecule has 1 aromatic carbocycles. The van der Waals surface area contributed by atoms with Gasteiger partial charge in [-0.3, -0.25) is 0 Å². The number of benzene rings is 1. The first kappa shape index (κ1) is 15.4. The zero-order chi connectivity index (χ0) is 13.5. The van der Waals surface area contributed by atoms with Crippen LogP contribution in [0.1, 0.15) is 25.0 Å². The van der Waals surface area contributed by atoms with Crippen LogP contribution in [0.15, 0.2) is 18.2 Å². The molecule has 1 rings (SSSR count). The molecule has 0 amide bonds. The van der Waals surface area contributed by atoms with Crippen LogP contribution in [0.2, 0.25) is 0 Å². The average Bonchev–Trinajstić information content (AvgIpc) is 2.33. The van der Waals surface area contributed by atoms with Crippen molar-refractivity contribution < 1.29 is 0 Å². The fourth-order valence-electron chi connectivity index (χ4n) is 1.93. The van der Waals surface area contributed by atoms with Gasteiger partial charge in [0.2, 0.25) is 0 Å². The minimum Gasteiger partial charge on any atom is -0.374 e. The summed E-state index contributed by atoms with van der Waals surface area (Å²) >= 11 is 1.89. The predicted octanol–water partition coefficient (Wildman–Crippen LogP) is 3.29. The van der Waals surface area contributed by atoms with Crippen LogP contribution in [0.3, 0.4) is 0 Å². The summed E-state index contributed by atoms with van der Waals surface area (Å²) in [5, 5.41) is 3.46. The molecule has 0 aromatic heterocycles. The largest absolute Gasteiger partial charge is 0.374 e. The summed E-state index contributed by atoms with van der Waals surface area (Å²) in [6.07, 6.45) is 2.15. The van der Waals surface area contributed by atoms with Crippen molar-refractivity contribution in [3.05, 3.63) is 29.3 Å². The van der Waals surface area contributed by atoms with Gasteiger partial charge in [0, 0.05) is 37.6 Å². The van der Waals surface area contributed by atoms with E-state index in [1.807, 2.05) is 11.8 Å². The minimum absolute atomic E-state index is 0.536. The number of rotatable bonds is 7. The van der Waals surface area contributed by atoms with E-state index in [4.69, 9.17) is 0 Å². The first-order chi connectivity index (χ1) is 8.54. The molecule has 0 saturated heterocycles. The molecular formula is C15H26N2S. The maximum absolute atomic E-state index is 3.46. The molecule has 0 radical (unpaired) electrons. The third-order valence-corrected chi connectivity index (χ3v) is 3.61. The second-order valence-corrected chi connectivity index (χ2v) is 6.06. The molecule has 0 atom stereocenters. The summed E-state index contributed by atoms with van der Waals surface area (Å²) in [6.45, 7) is 8.61. The van der Waals surface area contributed by atoms with Crippen LogP contribution in [0.5, 0.6) is 0 Å². The van der Waals surface area contributed by atoms with Gasteiger partial charge < -0.3 is 10.2 Å². The molecule has 3 heteroatoms. The van der Waals surface area contributed by atoms with Crippen molar-refractivity contribution in [1.82, 2.24) is 5.32 Å². The number of hydrogen-bond acceptors (Lipinski definition) is 3. The Hall–Kier alpha value is -0.670. The first-order valence-electron chi connectivity index (χ1n) is 6.57. The maximum atomic E-state index is 3.46. The molecule has 1 aromatic rings. The van der Waals surface area contributed by atoms with E-state index in [0.29, 0.717) is 6.04 Å². The van der Waals surface area contributed by atoms with E-state index >= 15 is 0 Å². The van der Waals surface area contributed by atoms with E-state index in [-0.39, 0.29) is 0 Å². The highest BCUT2D eigenvalue weighted by atomic mass is 32.2. The van der Waals surface area contributed by atoms with Gasteiger partial charge in [-0.05, 0) is 30.4 Å². The van der Waals surface area contributed by atoms with Gasteiger partial charge in [0.1, 0.15) is 0 Å². The summed E-state index contributed by atoms with van der Waals surface area (Å²) in [7, 11) is 2.17. The molecule has 0 fully saturated rings. The molecule has 0 aliphatic heterocycles. The summed E-state index contributed by atoms with van der Waals surface area (Å²) in [6, 6.07) is 7.30. The molecule has 18 heavy (non-hydrogen) atoms. The molecule has 1 N–H and O–H groups in total. The maximum Gasteiger partial charge on any atom is 0.0393 e. The van der Waals surface area contributed by atoms with Crippen LogP contribution < -0.4 is 10.2 Å². The molecule has 0 heterocycles. The first-order valence-corrected chi connectivity index (χ1v) is 7.97. The SMILES string of the molecule is CSCCN(C)c1ccc(CNC(C)C)cc1C. The smallest absolute Gasteiger partial charge is 0.0393 e. The van der Waals surface area contributed by atoms with Crippen LogP contribution in [-0.4, -0.2) is 31.6 Å². The molecule has 0 saturated carbocycles. The number of nitrogens with zero attached hydrogens (tertiary/aromatic N) is 1. The second-order valence-electron chi connectivity index (χ2n) is 5.07. The van der Waals surface area contributed by atoms with Crippen molar-refractivity contribution in [1.29, 1.82) is 0 Å². The molecular weight excluding hydrogens is 240 g/mol. The number of thioether (sulfide) groups is 1. The monoisotopic (exact) mass is 266 g/mol. The van der Waals surface area contributed by atoms with Gasteiger partial charge in [0.25, 0.3) is 0 Å². The molecule has 0 aliphatic rings. The lowest BCUT2D eigenvalue weighted by molar-refractivity contribution is 0.588. The third-order valence-electron chi connectivity index (χ3n) is 3.02. The lowest BCUT2D eigenvalue weighted by Gasteiger charge is -2.21. The van der Waals surface area contributed by atoms with E-state index in [1.165, 1.54) is 22.6 Å². The van der Waals surface area contributed by atoms with Crippen LogP contribution in [0.4, 0.5) is 5.69 Å². The highest BCUT2D eigenvalue weighted by molar-refractivity contribution is 7.98. The van der Waals surface area contributed by atoms with Crippen molar-refractivity contribution in [3.8, 4) is 0 Å². The number of nitrogens with one attached hydrogen (secondary N) is 1. The molecule has 102 valence electrons. The van der Waals surface area contributed by atoms with Gasteiger partial charge in [0.05, 0.1) is 0 Å². The quantitative estimate of drug-likeness (QED) is 0.815.